The molecule has 2 aromatic rings. The summed E-state index contributed by atoms with van der Waals surface area (Å²) in [7, 11) is 0. The summed E-state index contributed by atoms with van der Waals surface area (Å²) in [6, 6.07) is 14.1. The van der Waals surface area contributed by atoms with Crippen molar-refractivity contribution < 1.29 is 0 Å². The number of azo groups is 1. The van der Waals surface area contributed by atoms with Gasteiger partial charge in [-0.15, -0.1) is 0 Å². The Hall–Kier alpha value is -1.96. The molecule has 0 saturated heterocycles. The lowest BCUT2D eigenvalue weighted by Gasteiger charge is -2.05. The second-order valence-corrected chi connectivity index (χ2v) is 4.28. The second kappa shape index (κ2) is 4.91. The van der Waals surface area contributed by atoms with Gasteiger partial charge in [0.2, 0.25) is 0 Å². The van der Waals surface area contributed by atoms with Crippen LogP contribution in [0.1, 0.15) is 16.7 Å². The van der Waals surface area contributed by atoms with E-state index in [1.54, 1.807) is 0 Å². The van der Waals surface area contributed by atoms with E-state index in [1.807, 2.05) is 30.3 Å². The first-order valence-corrected chi connectivity index (χ1v) is 5.71. The number of hydrogen-bond donors (Lipinski definition) is 0. The third-order valence-electron chi connectivity index (χ3n) is 2.66. The van der Waals surface area contributed by atoms with Crippen molar-refractivity contribution >= 4 is 11.4 Å². The van der Waals surface area contributed by atoms with Crippen LogP contribution in [0, 0.1) is 20.8 Å². The Balaban J connectivity index is 2.34. The maximum atomic E-state index is 4.34. The van der Waals surface area contributed by atoms with Crippen LogP contribution in [0.15, 0.2) is 52.7 Å². The maximum absolute atomic E-state index is 4.34. The smallest absolute Gasteiger partial charge is 0.0915 e. The summed E-state index contributed by atoms with van der Waals surface area (Å²) in [6.45, 7) is 6.23. The van der Waals surface area contributed by atoms with E-state index in [4.69, 9.17) is 0 Å². The van der Waals surface area contributed by atoms with E-state index in [0.29, 0.717) is 0 Å². The van der Waals surface area contributed by atoms with Crippen molar-refractivity contribution in [2.24, 2.45) is 10.2 Å². The van der Waals surface area contributed by atoms with Crippen molar-refractivity contribution in [3.63, 3.8) is 0 Å². The molecule has 0 atom stereocenters. The molecule has 0 aliphatic carbocycles. The topological polar surface area (TPSA) is 24.7 Å². The fourth-order valence-corrected chi connectivity index (χ4v) is 1.93. The standard InChI is InChI=1S/C15H16N2/c1-11-9-12(2)15(13(3)10-11)17-16-14-7-5-4-6-8-14/h4-10H,1-3H3/b17-16+. The first-order valence-electron chi connectivity index (χ1n) is 5.71. The summed E-state index contributed by atoms with van der Waals surface area (Å²) in [5.74, 6) is 0. The number of hydrogen-bond acceptors (Lipinski definition) is 2. The molecule has 0 fully saturated rings. The second-order valence-electron chi connectivity index (χ2n) is 4.28. The lowest BCUT2D eigenvalue weighted by atomic mass is 10.1. The highest BCUT2D eigenvalue weighted by Gasteiger charge is 2.02. The summed E-state index contributed by atoms with van der Waals surface area (Å²) in [5, 5.41) is 8.59. The minimum absolute atomic E-state index is 0.881. The van der Waals surface area contributed by atoms with Crippen LogP contribution < -0.4 is 0 Å². The minimum atomic E-state index is 0.881. The lowest BCUT2D eigenvalue weighted by molar-refractivity contribution is 1.18. The molecule has 0 unspecified atom stereocenters. The van der Waals surface area contributed by atoms with Gasteiger partial charge in [0, 0.05) is 0 Å². The zero-order chi connectivity index (χ0) is 12.3. The quantitative estimate of drug-likeness (QED) is 0.639. The molecule has 0 saturated carbocycles. The molecule has 0 aromatic heterocycles. The molecule has 17 heavy (non-hydrogen) atoms. The van der Waals surface area contributed by atoms with Gasteiger partial charge in [0.05, 0.1) is 11.4 Å². The molecule has 0 aliphatic rings. The van der Waals surface area contributed by atoms with Crippen LogP contribution in [0.2, 0.25) is 0 Å². The fourth-order valence-electron chi connectivity index (χ4n) is 1.93. The van der Waals surface area contributed by atoms with Crippen LogP contribution in [-0.2, 0) is 0 Å². The predicted molar refractivity (Wildman–Crippen MR) is 71.3 cm³/mol. The Morgan fingerprint density at radius 1 is 0.765 bits per heavy atom. The van der Waals surface area contributed by atoms with E-state index in [1.165, 1.54) is 16.7 Å². The molecule has 0 spiro atoms. The van der Waals surface area contributed by atoms with Crippen molar-refractivity contribution in [3.05, 3.63) is 59.2 Å². The third kappa shape index (κ3) is 2.78. The lowest BCUT2D eigenvalue weighted by Crippen LogP contribution is -1.82. The first-order chi connectivity index (χ1) is 8.16. The Kier molecular flexibility index (Phi) is 3.33. The van der Waals surface area contributed by atoms with Crippen LogP contribution in [0.4, 0.5) is 11.4 Å². The van der Waals surface area contributed by atoms with E-state index < -0.39 is 0 Å². The van der Waals surface area contributed by atoms with Gasteiger partial charge in [0.25, 0.3) is 0 Å². The van der Waals surface area contributed by atoms with Crippen LogP contribution in [0.3, 0.4) is 0 Å². The summed E-state index contributed by atoms with van der Waals surface area (Å²) in [5.41, 5.74) is 5.45. The monoisotopic (exact) mass is 224 g/mol. The van der Waals surface area contributed by atoms with Crippen LogP contribution >= 0.6 is 0 Å². The summed E-state index contributed by atoms with van der Waals surface area (Å²) >= 11 is 0. The van der Waals surface area contributed by atoms with Crippen LogP contribution in [0.5, 0.6) is 0 Å². The molecule has 86 valence electrons. The van der Waals surface area contributed by atoms with E-state index in [9.17, 15) is 0 Å². The van der Waals surface area contributed by atoms with E-state index in [2.05, 4.69) is 43.1 Å². The highest BCUT2D eigenvalue weighted by Crippen LogP contribution is 2.26. The molecule has 2 aromatic carbocycles. The van der Waals surface area contributed by atoms with Crippen molar-refractivity contribution in [1.82, 2.24) is 0 Å². The molecule has 0 N–H and O–H groups in total. The highest BCUT2D eigenvalue weighted by molar-refractivity contribution is 5.53. The predicted octanol–water partition coefficient (Wildman–Crippen LogP) is 5.03. The Morgan fingerprint density at radius 2 is 1.35 bits per heavy atom. The molecule has 0 amide bonds. The van der Waals surface area contributed by atoms with Gasteiger partial charge in [-0.05, 0) is 44.0 Å². The average molecular weight is 224 g/mol. The highest BCUT2D eigenvalue weighted by atomic mass is 15.1. The fraction of sp³-hybridized carbons (Fsp3) is 0.200. The minimum Gasteiger partial charge on any atom is -0.151 e. The summed E-state index contributed by atoms with van der Waals surface area (Å²) in [4.78, 5) is 0. The summed E-state index contributed by atoms with van der Waals surface area (Å²) in [6.07, 6.45) is 0. The van der Waals surface area contributed by atoms with Gasteiger partial charge >= 0.3 is 0 Å². The van der Waals surface area contributed by atoms with Crippen molar-refractivity contribution in [3.8, 4) is 0 Å². The van der Waals surface area contributed by atoms with E-state index >= 15 is 0 Å². The molecule has 0 radical (unpaired) electrons. The molecule has 2 nitrogen and oxygen atoms in total. The van der Waals surface area contributed by atoms with Gasteiger partial charge < -0.3 is 0 Å². The number of rotatable bonds is 2. The number of benzene rings is 2. The largest absolute Gasteiger partial charge is 0.151 e. The van der Waals surface area contributed by atoms with Gasteiger partial charge in [-0.2, -0.15) is 10.2 Å². The normalized spacial score (nSPS) is 11.0. The zero-order valence-electron chi connectivity index (χ0n) is 10.4. The average Bonchev–Trinajstić information content (AvgIpc) is 2.29. The van der Waals surface area contributed by atoms with Gasteiger partial charge in [-0.25, -0.2) is 0 Å². The maximum Gasteiger partial charge on any atom is 0.0915 e. The van der Waals surface area contributed by atoms with Gasteiger partial charge in [-0.3, -0.25) is 0 Å². The van der Waals surface area contributed by atoms with Gasteiger partial charge in [0.1, 0.15) is 0 Å². The molecule has 0 aliphatic heterocycles. The summed E-state index contributed by atoms with van der Waals surface area (Å²) < 4.78 is 0. The molecular formula is C15H16N2. The molecule has 0 heterocycles. The van der Waals surface area contributed by atoms with E-state index in [0.717, 1.165) is 11.4 Å². The Bertz CT molecular complexity index is 519. The number of nitrogens with zero attached hydrogens (tertiary/aromatic N) is 2. The van der Waals surface area contributed by atoms with Crippen LogP contribution in [-0.4, -0.2) is 0 Å². The SMILES string of the molecule is Cc1cc(C)c(/N=N/c2ccccc2)c(C)c1. The number of aryl methyl sites for hydroxylation is 3. The molecular weight excluding hydrogens is 208 g/mol. The van der Waals surface area contributed by atoms with E-state index in [-0.39, 0.29) is 0 Å². The first kappa shape index (κ1) is 11.5. The van der Waals surface area contributed by atoms with Gasteiger partial charge in [-0.1, -0.05) is 35.9 Å². The zero-order valence-corrected chi connectivity index (χ0v) is 10.4. The van der Waals surface area contributed by atoms with Crippen LogP contribution in [0.25, 0.3) is 0 Å². The molecule has 2 rings (SSSR count). The molecule has 0 bridgehead atoms. The Labute approximate surface area is 102 Å². The third-order valence-corrected chi connectivity index (χ3v) is 2.66. The Morgan fingerprint density at radius 3 is 1.94 bits per heavy atom. The van der Waals surface area contributed by atoms with Crippen molar-refractivity contribution in [2.45, 2.75) is 20.8 Å². The van der Waals surface area contributed by atoms with Crippen molar-refractivity contribution in [2.75, 3.05) is 0 Å². The van der Waals surface area contributed by atoms with Crippen molar-refractivity contribution in [1.29, 1.82) is 0 Å². The molecule has 2 heteroatoms. The van der Waals surface area contributed by atoms with Gasteiger partial charge in [0.15, 0.2) is 0 Å².